The molecule has 0 bridgehead atoms. The van der Waals surface area contributed by atoms with Crippen LogP contribution in [-0.4, -0.2) is 18.6 Å². The molecule has 0 aliphatic rings. The molecule has 0 saturated heterocycles. The Morgan fingerprint density at radius 1 is 1.39 bits per heavy atom. The van der Waals surface area contributed by atoms with Crippen LogP contribution < -0.4 is 10.2 Å². The maximum Gasteiger partial charge on any atom is 0.127 e. The van der Waals surface area contributed by atoms with Crippen molar-refractivity contribution in [3.63, 3.8) is 0 Å². The first kappa shape index (κ1) is 12.9. The average molecular weight is 261 g/mol. The van der Waals surface area contributed by atoms with Gasteiger partial charge in [0, 0.05) is 36.4 Å². The summed E-state index contributed by atoms with van der Waals surface area (Å²) in [6.45, 7) is 4.06. The third-order valence-electron chi connectivity index (χ3n) is 2.71. The SMILES string of the molecule is CCCNc1cc(N(C)Cc2cccs2)ccn1. The van der Waals surface area contributed by atoms with Gasteiger partial charge in [0.2, 0.25) is 0 Å². The highest BCUT2D eigenvalue weighted by Gasteiger charge is 2.04. The van der Waals surface area contributed by atoms with Gasteiger partial charge in [0.15, 0.2) is 0 Å². The summed E-state index contributed by atoms with van der Waals surface area (Å²) < 4.78 is 0. The number of thiophene rings is 1. The van der Waals surface area contributed by atoms with Crippen LogP contribution in [-0.2, 0) is 6.54 Å². The van der Waals surface area contributed by atoms with Crippen molar-refractivity contribution in [1.82, 2.24) is 4.98 Å². The molecule has 0 atom stereocenters. The first-order valence-electron chi connectivity index (χ1n) is 6.23. The van der Waals surface area contributed by atoms with Crippen LogP contribution in [0, 0.1) is 0 Å². The molecule has 3 nitrogen and oxygen atoms in total. The van der Waals surface area contributed by atoms with Gasteiger partial charge in [-0.3, -0.25) is 0 Å². The van der Waals surface area contributed by atoms with Gasteiger partial charge in [0.25, 0.3) is 0 Å². The predicted octanol–water partition coefficient (Wildman–Crippen LogP) is 3.60. The van der Waals surface area contributed by atoms with Crippen molar-refractivity contribution in [2.75, 3.05) is 23.8 Å². The zero-order chi connectivity index (χ0) is 12.8. The number of rotatable bonds is 6. The monoisotopic (exact) mass is 261 g/mol. The molecule has 2 heterocycles. The predicted molar refractivity (Wildman–Crippen MR) is 79.4 cm³/mol. The minimum Gasteiger partial charge on any atom is -0.370 e. The van der Waals surface area contributed by atoms with E-state index < -0.39 is 0 Å². The highest BCUT2D eigenvalue weighted by atomic mass is 32.1. The molecular weight excluding hydrogens is 242 g/mol. The molecule has 0 aromatic carbocycles. The van der Waals surface area contributed by atoms with Crippen LogP contribution in [0.5, 0.6) is 0 Å². The van der Waals surface area contributed by atoms with E-state index in [0.29, 0.717) is 0 Å². The van der Waals surface area contributed by atoms with Crippen LogP contribution in [0.15, 0.2) is 35.8 Å². The van der Waals surface area contributed by atoms with Crippen molar-refractivity contribution in [3.8, 4) is 0 Å². The fourth-order valence-electron chi connectivity index (χ4n) is 1.73. The first-order valence-corrected chi connectivity index (χ1v) is 7.11. The van der Waals surface area contributed by atoms with Crippen molar-refractivity contribution >= 4 is 22.8 Å². The molecule has 96 valence electrons. The summed E-state index contributed by atoms with van der Waals surface area (Å²) >= 11 is 1.79. The van der Waals surface area contributed by atoms with Gasteiger partial charge in [-0.15, -0.1) is 11.3 Å². The Labute approximate surface area is 112 Å². The van der Waals surface area contributed by atoms with Gasteiger partial charge in [-0.25, -0.2) is 4.98 Å². The second kappa shape index (κ2) is 6.40. The lowest BCUT2D eigenvalue weighted by Crippen LogP contribution is -2.16. The second-order valence-electron chi connectivity index (χ2n) is 4.26. The van der Waals surface area contributed by atoms with Gasteiger partial charge in [-0.05, 0) is 23.9 Å². The first-order chi connectivity index (χ1) is 8.79. The Bertz CT molecular complexity index is 468. The normalized spacial score (nSPS) is 10.3. The minimum absolute atomic E-state index is 0.939. The molecule has 0 aliphatic carbocycles. The van der Waals surface area contributed by atoms with E-state index in [-0.39, 0.29) is 0 Å². The number of nitrogens with zero attached hydrogens (tertiary/aromatic N) is 2. The molecule has 0 spiro atoms. The Morgan fingerprint density at radius 2 is 2.28 bits per heavy atom. The molecule has 0 radical (unpaired) electrons. The lowest BCUT2D eigenvalue weighted by Gasteiger charge is -2.19. The largest absolute Gasteiger partial charge is 0.370 e. The van der Waals surface area contributed by atoms with Crippen LogP contribution in [0.3, 0.4) is 0 Å². The van der Waals surface area contributed by atoms with Crippen LogP contribution in [0.2, 0.25) is 0 Å². The number of pyridine rings is 1. The van der Waals surface area contributed by atoms with Gasteiger partial charge in [0.05, 0.1) is 6.54 Å². The molecule has 18 heavy (non-hydrogen) atoms. The topological polar surface area (TPSA) is 28.2 Å². The quantitative estimate of drug-likeness (QED) is 0.861. The van der Waals surface area contributed by atoms with E-state index in [1.165, 1.54) is 10.6 Å². The maximum atomic E-state index is 4.32. The van der Waals surface area contributed by atoms with Gasteiger partial charge in [-0.2, -0.15) is 0 Å². The van der Waals surface area contributed by atoms with Crippen LogP contribution >= 0.6 is 11.3 Å². The van der Waals surface area contributed by atoms with Crippen LogP contribution in [0.25, 0.3) is 0 Å². The third kappa shape index (κ3) is 3.47. The second-order valence-corrected chi connectivity index (χ2v) is 5.29. The Morgan fingerprint density at radius 3 is 3.00 bits per heavy atom. The summed E-state index contributed by atoms with van der Waals surface area (Å²) in [5.74, 6) is 0.951. The summed E-state index contributed by atoms with van der Waals surface area (Å²) in [4.78, 5) is 7.93. The van der Waals surface area contributed by atoms with Crippen molar-refractivity contribution in [1.29, 1.82) is 0 Å². The number of aromatic nitrogens is 1. The van der Waals surface area contributed by atoms with Crippen molar-refractivity contribution in [2.24, 2.45) is 0 Å². The van der Waals surface area contributed by atoms with Gasteiger partial charge in [-0.1, -0.05) is 13.0 Å². The number of hydrogen-bond acceptors (Lipinski definition) is 4. The molecule has 2 rings (SSSR count). The Kier molecular flexibility index (Phi) is 4.59. The van der Waals surface area contributed by atoms with E-state index in [9.17, 15) is 0 Å². The lowest BCUT2D eigenvalue weighted by atomic mass is 10.3. The summed E-state index contributed by atoms with van der Waals surface area (Å²) in [5, 5.41) is 5.43. The number of hydrogen-bond donors (Lipinski definition) is 1. The van der Waals surface area contributed by atoms with E-state index in [1.807, 2.05) is 12.3 Å². The summed E-state index contributed by atoms with van der Waals surface area (Å²) in [6.07, 6.45) is 2.97. The fourth-order valence-corrected chi connectivity index (χ4v) is 2.49. The summed E-state index contributed by atoms with van der Waals surface area (Å²) in [6, 6.07) is 8.40. The minimum atomic E-state index is 0.939. The number of anilines is 2. The van der Waals surface area contributed by atoms with Gasteiger partial charge >= 0.3 is 0 Å². The lowest BCUT2D eigenvalue weighted by molar-refractivity contribution is 0.933. The average Bonchev–Trinajstić information content (AvgIpc) is 2.89. The highest BCUT2D eigenvalue weighted by Crippen LogP contribution is 2.19. The zero-order valence-corrected chi connectivity index (χ0v) is 11.7. The molecule has 0 aliphatic heterocycles. The summed E-state index contributed by atoms with van der Waals surface area (Å²) in [5.41, 5.74) is 1.19. The zero-order valence-electron chi connectivity index (χ0n) is 10.9. The van der Waals surface area contributed by atoms with Gasteiger partial charge < -0.3 is 10.2 Å². The molecule has 1 N–H and O–H groups in total. The standard InChI is InChI=1S/C14H19N3S/c1-3-7-15-14-10-12(6-8-16-14)17(2)11-13-5-4-9-18-13/h4-6,8-10H,3,7,11H2,1-2H3,(H,15,16). The molecular formula is C14H19N3S. The summed E-state index contributed by atoms with van der Waals surface area (Å²) in [7, 11) is 2.11. The van der Waals surface area contributed by atoms with Crippen molar-refractivity contribution in [2.45, 2.75) is 19.9 Å². The molecule has 4 heteroatoms. The smallest absolute Gasteiger partial charge is 0.127 e. The Hall–Kier alpha value is -1.55. The van der Waals surface area contributed by atoms with E-state index in [0.717, 1.165) is 25.3 Å². The van der Waals surface area contributed by atoms with E-state index >= 15 is 0 Å². The van der Waals surface area contributed by atoms with Crippen molar-refractivity contribution < 1.29 is 0 Å². The van der Waals surface area contributed by atoms with E-state index in [1.54, 1.807) is 11.3 Å². The molecule has 0 amide bonds. The highest BCUT2D eigenvalue weighted by molar-refractivity contribution is 7.09. The Balaban J connectivity index is 2.03. The molecule has 0 saturated carbocycles. The third-order valence-corrected chi connectivity index (χ3v) is 3.57. The molecule has 0 unspecified atom stereocenters. The van der Waals surface area contributed by atoms with E-state index in [2.05, 4.69) is 52.8 Å². The van der Waals surface area contributed by atoms with Crippen molar-refractivity contribution in [3.05, 3.63) is 40.7 Å². The van der Waals surface area contributed by atoms with Crippen LogP contribution in [0.4, 0.5) is 11.5 Å². The molecule has 2 aromatic heterocycles. The van der Waals surface area contributed by atoms with Crippen LogP contribution in [0.1, 0.15) is 18.2 Å². The van der Waals surface area contributed by atoms with Gasteiger partial charge in [0.1, 0.15) is 5.82 Å². The van der Waals surface area contributed by atoms with E-state index in [4.69, 9.17) is 0 Å². The fraction of sp³-hybridized carbons (Fsp3) is 0.357. The molecule has 0 fully saturated rings. The molecule has 2 aromatic rings. The number of nitrogens with one attached hydrogen (secondary N) is 1. The maximum absolute atomic E-state index is 4.32.